The number of alkyl halides is 3. The van der Waals surface area contributed by atoms with Crippen LogP contribution in [0.25, 0.3) is 0 Å². The van der Waals surface area contributed by atoms with Gasteiger partial charge in [0.2, 0.25) is 0 Å². The Balaban J connectivity index is 1.80. The van der Waals surface area contributed by atoms with Crippen molar-refractivity contribution in [2.45, 2.75) is 102 Å². The van der Waals surface area contributed by atoms with Gasteiger partial charge in [-0.25, -0.2) is 13.2 Å². The summed E-state index contributed by atoms with van der Waals surface area (Å²) in [6.45, 7) is 5.20. The molecule has 2 aliphatic carbocycles. The molecule has 0 bridgehead atoms. The minimum absolute atomic E-state index is 0.0779. The summed E-state index contributed by atoms with van der Waals surface area (Å²) in [5.41, 5.74) is 0. The van der Waals surface area contributed by atoms with Crippen LogP contribution >= 0.6 is 0 Å². The summed E-state index contributed by atoms with van der Waals surface area (Å²) >= 11 is 0. The molecule has 0 amide bonds. The van der Waals surface area contributed by atoms with E-state index in [4.69, 9.17) is 9.47 Å². The summed E-state index contributed by atoms with van der Waals surface area (Å²) in [4.78, 5) is 0. The van der Waals surface area contributed by atoms with Gasteiger partial charge in [-0.05, 0) is 56.8 Å². The molecule has 0 aromatic heterocycles. The normalized spacial score (nSPS) is 39.5. The molecule has 2 rings (SSSR count). The summed E-state index contributed by atoms with van der Waals surface area (Å²) in [7, 11) is 0. The van der Waals surface area contributed by atoms with Crippen molar-refractivity contribution in [1.82, 2.24) is 0 Å². The van der Waals surface area contributed by atoms with E-state index in [9.17, 15) is 13.2 Å². The van der Waals surface area contributed by atoms with Crippen LogP contribution in [0.2, 0.25) is 0 Å². The zero-order chi connectivity index (χ0) is 18.2. The van der Waals surface area contributed by atoms with Gasteiger partial charge in [-0.3, -0.25) is 0 Å². The first kappa shape index (κ1) is 21.0. The monoisotopic (exact) mass is 364 g/mol. The zero-order valence-electron chi connectivity index (χ0n) is 15.8. The lowest BCUT2D eigenvalue weighted by Crippen LogP contribution is -2.47. The van der Waals surface area contributed by atoms with E-state index in [0.29, 0.717) is 38.9 Å². The molecular weight excluding hydrogens is 329 g/mol. The number of halogens is 3. The number of unbranched alkanes of at least 4 members (excludes halogenated alkanes) is 2. The number of rotatable bonds is 9. The molecule has 148 valence electrons. The van der Waals surface area contributed by atoms with Crippen LogP contribution < -0.4 is 0 Å². The number of ether oxygens (including phenoxy) is 2. The summed E-state index contributed by atoms with van der Waals surface area (Å²) < 4.78 is 54.7. The highest BCUT2D eigenvalue weighted by atomic mass is 19.2. The fourth-order valence-electron chi connectivity index (χ4n) is 4.24. The van der Waals surface area contributed by atoms with E-state index < -0.39 is 24.6 Å². The van der Waals surface area contributed by atoms with Crippen molar-refractivity contribution in [3.63, 3.8) is 0 Å². The van der Waals surface area contributed by atoms with E-state index in [0.717, 1.165) is 32.1 Å². The summed E-state index contributed by atoms with van der Waals surface area (Å²) in [6, 6.07) is 0. The highest BCUT2D eigenvalue weighted by Crippen LogP contribution is 2.42. The van der Waals surface area contributed by atoms with Crippen molar-refractivity contribution in [2.75, 3.05) is 13.2 Å². The molecule has 2 saturated carbocycles. The van der Waals surface area contributed by atoms with E-state index in [1.54, 1.807) is 0 Å². The van der Waals surface area contributed by atoms with Crippen LogP contribution in [0.15, 0.2) is 0 Å². The third-order valence-electron chi connectivity index (χ3n) is 5.87. The largest absolute Gasteiger partial charge is 0.375 e. The van der Waals surface area contributed by atoms with Crippen molar-refractivity contribution in [1.29, 1.82) is 0 Å². The Kier molecular flexibility index (Phi) is 9.05. The molecule has 0 spiro atoms. The number of hydrogen-bond acceptors (Lipinski definition) is 2. The highest BCUT2D eigenvalue weighted by Gasteiger charge is 2.46. The van der Waals surface area contributed by atoms with Crippen molar-refractivity contribution in [3.8, 4) is 0 Å². The lowest BCUT2D eigenvalue weighted by Gasteiger charge is -2.42. The van der Waals surface area contributed by atoms with Gasteiger partial charge >= 0.3 is 0 Å². The maximum Gasteiger partial charge on any atom is 0.157 e. The molecule has 7 unspecified atom stereocenters. The minimum atomic E-state index is -1.58. The van der Waals surface area contributed by atoms with Gasteiger partial charge in [-0.15, -0.1) is 0 Å². The zero-order valence-corrected chi connectivity index (χ0v) is 15.8. The Hall–Kier alpha value is -0.290. The molecular formula is C20H35F3O2. The third kappa shape index (κ3) is 5.85. The fourth-order valence-corrected chi connectivity index (χ4v) is 4.24. The highest BCUT2D eigenvalue weighted by molar-refractivity contribution is 4.95. The standard InChI is InChI=1S/C20H35F3O2/c1-3-5-11-24-17-9-7-14(13-16(17)21)15-8-10-18(20(23)19(15)22)25-12-6-4-2/h14-20H,3-13H2,1-2H3. The predicted octanol–water partition coefficient (Wildman–Crippen LogP) is 5.58. The van der Waals surface area contributed by atoms with Crippen LogP contribution in [0.5, 0.6) is 0 Å². The van der Waals surface area contributed by atoms with Gasteiger partial charge in [-0.2, -0.15) is 0 Å². The van der Waals surface area contributed by atoms with E-state index in [2.05, 4.69) is 6.92 Å². The smallest absolute Gasteiger partial charge is 0.157 e. The molecule has 0 saturated heterocycles. The van der Waals surface area contributed by atoms with E-state index >= 15 is 0 Å². The van der Waals surface area contributed by atoms with Crippen LogP contribution in [0.3, 0.4) is 0 Å². The quantitative estimate of drug-likeness (QED) is 0.497. The molecule has 0 aromatic carbocycles. The first-order valence-corrected chi connectivity index (χ1v) is 10.2. The van der Waals surface area contributed by atoms with Gasteiger partial charge in [-0.1, -0.05) is 26.7 Å². The minimum Gasteiger partial charge on any atom is -0.375 e. The van der Waals surface area contributed by atoms with Crippen LogP contribution in [0, 0.1) is 11.8 Å². The van der Waals surface area contributed by atoms with Gasteiger partial charge < -0.3 is 9.47 Å². The molecule has 25 heavy (non-hydrogen) atoms. The first-order chi connectivity index (χ1) is 12.1. The Bertz CT molecular complexity index is 369. The SMILES string of the molecule is CCCCOC1CCC(C2CCC(OCCCC)C(F)C2F)CC1F. The molecule has 0 heterocycles. The van der Waals surface area contributed by atoms with Crippen molar-refractivity contribution < 1.29 is 22.6 Å². The van der Waals surface area contributed by atoms with Crippen molar-refractivity contribution >= 4 is 0 Å². The third-order valence-corrected chi connectivity index (χ3v) is 5.87. The van der Waals surface area contributed by atoms with E-state index in [1.165, 1.54) is 0 Å². The van der Waals surface area contributed by atoms with E-state index in [-0.39, 0.29) is 17.9 Å². The molecule has 0 aromatic rings. The predicted molar refractivity (Wildman–Crippen MR) is 94.0 cm³/mol. The van der Waals surface area contributed by atoms with Gasteiger partial charge in [0.25, 0.3) is 0 Å². The maximum absolute atomic E-state index is 14.6. The van der Waals surface area contributed by atoms with Crippen molar-refractivity contribution in [3.05, 3.63) is 0 Å². The lowest BCUT2D eigenvalue weighted by atomic mass is 9.70. The van der Waals surface area contributed by atoms with Gasteiger partial charge in [0.05, 0.1) is 12.2 Å². The second-order valence-corrected chi connectivity index (χ2v) is 7.74. The Morgan fingerprint density at radius 3 is 1.96 bits per heavy atom. The topological polar surface area (TPSA) is 18.5 Å². The molecule has 2 nitrogen and oxygen atoms in total. The summed E-state index contributed by atoms with van der Waals surface area (Å²) in [5.74, 6) is -0.457. The molecule has 0 aliphatic heterocycles. The summed E-state index contributed by atoms with van der Waals surface area (Å²) in [5, 5.41) is 0. The molecule has 0 N–H and O–H groups in total. The van der Waals surface area contributed by atoms with Gasteiger partial charge in [0.1, 0.15) is 12.3 Å². The average Bonchev–Trinajstić information content (AvgIpc) is 2.60. The first-order valence-electron chi connectivity index (χ1n) is 10.2. The van der Waals surface area contributed by atoms with E-state index in [1.807, 2.05) is 6.92 Å². The molecule has 0 radical (unpaired) electrons. The van der Waals surface area contributed by atoms with Crippen LogP contribution in [-0.4, -0.2) is 43.9 Å². The Labute approximate surface area is 150 Å². The fraction of sp³-hybridized carbons (Fsp3) is 1.00. The maximum atomic E-state index is 14.6. The Morgan fingerprint density at radius 1 is 0.760 bits per heavy atom. The molecule has 7 atom stereocenters. The molecule has 5 heteroatoms. The second-order valence-electron chi connectivity index (χ2n) is 7.74. The number of hydrogen-bond donors (Lipinski definition) is 0. The lowest BCUT2D eigenvalue weighted by molar-refractivity contribution is -0.0996. The van der Waals surface area contributed by atoms with Crippen LogP contribution in [0.4, 0.5) is 13.2 Å². The van der Waals surface area contributed by atoms with Gasteiger partial charge in [0, 0.05) is 13.2 Å². The van der Waals surface area contributed by atoms with Gasteiger partial charge in [0.15, 0.2) is 6.17 Å². The Morgan fingerprint density at radius 2 is 1.36 bits per heavy atom. The van der Waals surface area contributed by atoms with Crippen molar-refractivity contribution in [2.24, 2.45) is 11.8 Å². The second kappa shape index (κ2) is 10.8. The summed E-state index contributed by atoms with van der Waals surface area (Å²) in [6.07, 6.45) is 1.43. The molecule has 2 aliphatic rings. The van der Waals surface area contributed by atoms with Crippen LogP contribution in [-0.2, 0) is 9.47 Å². The average molecular weight is 364 g/mol. The molecule has 2 fully saturated rings. The van der Waals surface area contributed by atoms with Crippen LogP contribution in [0.1, 0.15) is 71.6 Å².